The predicted octanol–water partition coefficient (Wildman–Crippen LogP) is 5.02. The van der Waals surface area contributed by atoms with E-state index in [0.717, 1.165) is 11.3 Å². The van der Waals surface area contributed by atoms with Crippen molar-refractivity contribution in [1.29, 1.82) is 0 Å². The van der Waals surface area contributed by atoms with Crippen molar-refractivity contribution >= 4 is 22.7 Å². The van der Waals surface area contributed by atoms with Crippen LogP contribution in [-0.2, 0) is 0 Å². The molecule has 0 aromatic heterocycles. The summed E-state index contributed by atoms with van der Waals surface area (Å²) in [7, 11) is 0. The number of anilines is 3. The number of aryl methyl sites for hydroxylation is 1. The normalized spacial score (nSPS) is 10.3. The van der Waals surface area contributed by atoms with Gasteiger partial charge in [0, 0.05) is 11.4 Å². The summed E-state index contributed by atoms with van der Waals surface area (Å²) in [5.41, 5.74) is 8.42. The topological polar surface area (TPSA) is 90.4 Å². The van der Waals surface area contributed by atoms with Crippen molar-refractivity contribution in [3.63, 3.8) is 0 Å². The second-order valence-electron chi connectivity index (χ2n) is 5.55. The van der Waals surface area contributed by atoms with Crippen LogP contribution in [0.2, 0.25) is 0 Å². The number of nitrogens with one attached hydrogen (secondary N) is 1. The minimum atomic E-state index is -0.440. The molecule has 6 nitrogen and oxygen atoms in total. The minimum Gasteiger partial charge on any atom is -0.457 e. The third-order valence-electron chi connectivity index (χ3n) is 3.69. The molecule has 0 amide bonds. The molecule has 3 rings (SSSR count). The summed E-state index contributed by atoms with van der Waals surface area (Å²) >= 11 is 0. The summed E-state index contributed by atoms with van der Waals surface area (Å²) in [4.78, 5) is 11.0. The second kappa shape index (κ2) is 6.92. The lowest BCUT2D eigenvalue weighted by molar-refractivity contribution is -0.384. The zero-order valence-corrected chi connectivity index (χ0v) is 13.6. The number of hydrogen-bond acceptors (Lipinski definition) is 5. The van der Waals surface area contributed by atoms with Crippen molar-refractivity contribution in [2.75, 3.05) is 11.1 Å². The maximum absolute atomic E-state index is 11.4. The van der Waals surface area contributed by atoms with Crippen LogP contribution in [0.1, 0.15) is 5.56 Å². The van der Waals surface area contributed by atoms with Crippen LogP contribution in [0, 0.1) is 17.0 Å². The second-order valence-corrected chi connectivity index (χ2v) is 5.55. The largest absolute Gasteiger partial charge is 0.457 e. The van der Waals surface area contributed by atoms with Crippen molar-refractivity contribution in [2.45, 2.75) is 6.92 Å². The van der Waals surface area contributed by atoms with Gasteiger partial charge in [0.15, 0.2) is 0 Å². The lowest BCUT2D eigenvalue weighted by atomic mass is 10.1. The Bertz CT molecular complexity index is 911. The number of benzene rings is 3. The number of nitrogen functional groups attached to an aromatic ring is 1. The molecule has 0 fully saturated rings. The first kappa shape index (κ1) is 16.3. The summed E-state index contributed by atoms with van der Waals surface area (Å²) in [6, 6.07) is 19.2. The first-order valence-corrected chi connectivity index (χ1v) is 7.67. The zero-order valence-electron chi connectivity index (χ0n) is 13.6. The zero-order chi connectivity index (χ0) is 17.8. The summed E-state index contributed by atoms with van der Waals surface area (Å²) in [5.74, 6) is 1.02. The number of ether oxygens (including phenoxy) is 1. The Morgan fingerprint density at radius 1 is 1.00 bits per heavy atom. The number of hydrogen-bond donors (Lipinski definition) is 2. The van der Waals surface area contributed by atoms with Gasteiger partial charge in [0.2, 0.25) is 0 Å². The average Bonchev–Trinajstić information content (AvgIpc) is 2.60. The van der Waals surface area contributed by atoms with Crippen molar-refractivity contribution in [2.24, 2.45) is 0 Å². The molecular weight excluding hydrogens is 318 g/mol. The fraction of sp³-hybridized carbons (Fsp3) is 0.0526. The van der Waals surface area contributed by atoms with Crippen LogP contribution in [0.25, 0.3) is 0 Å². The highest BCUT2D eigenvalue weighted by molar-refractivity contribution is 5.72. The van der Waals surface area contributed by atoms with Gasteiger partial charge in [-0.05, 0) is 55.0 Å². The van der Waals surface area contributed by atoms with E-state index in [1.807, 2.05) is 31.2 Å². The molecule has 126 valence electrons. The van der Waals surface area contributed by atoms with Gasteiger partial charge in [-0.15, -0.1) is 0 Å². The Kier molecular flexibility index (Phi) is 4.52. The molecule has 25 heavy (non-hydrogen) atoms. The molecule has 0 aliphatic rings. The van der Waals surface area contributed by atoms with Gasteiger partial charge in [0.05, 0.1) is 11.0 Å². The number of rotatable bonds is 5. The minimum absolute atomic E-state index is 0.0668. The molecule has 6 heteroatoms. The van der Waals surface area contributed by atoms with Crippen LogP contribution in [0.5, 0.6) is 11.5 Å². The average molecular weight is 335 g/mol. The van der Waals surface area contributed by atoms with Gasteiger partial charge >= 0.3 is 0 Å². The summed E-state index contributed by atoms with van der Waals surface area (Å²) in [6.45, 7) is 1.88. The van der Waals surface area contributed by atoms with E-state index in [4.69, 9.17) is 10.5 Å². The van der Waals surface area contributed by atoms with Gasteiger partial charge < -0.3 is 15.8 Å². The van der Waals surface area contributed by atoms with E-state index >= 15 is 0 Å². The summed E-state index contributed by atoms with van der Waals surface area (Å²) in [6.07, 6.45) is 0. The maximum Gasteiger partial charge on any atom is 0.296 e. The van der Waals surface area contributed by atoms with E-state index in [0.29, 0.717) is 22.9 Å². The van der Waals surface area contributed by atoms with E-state index in [9.17, 15) is 10.1 Å². The fourth-order valence-corrected chi connectivity index (χ4v) is 2.37. The van der Waals surface area contributed by atoms with Gasteiger partial charge in [-0.25, -0.2) is 0 Å². The predicted molar refractivity (Wildman–Crippen MR) is 98.5 cm³/mol. The number of nitrogens with zero attached hydrogens (tertiary/aromatic N) is 1. The SMILES string of the molecule is Cc1cc(Nc2ccc(Oc3ccccc3)cc2[N+](=O)[O-])ccc1N. The Morgan fingerprint density at radius 3 is 2.44 bits per heavy atom. The molecule has 0 unspecified atom stereocenters. The molecule has 0 atom stereocenters. The van der Waals surface area contributed by atoms with Crippen LogP contribution >= 0.6 is 0 Å². The molecule has 0 bridgehead atoms. The number of nitrogens with two attached hydrogens (primary N) is 1. The maximum atomic E-state index is 11.4. The monoisotopic (exact) mass is 335 g/mol. The quantitative estimate of drug-likeness (QED) is 0.388. The van der Waals surface area contributed by atoms with Gasteiger partial charge in [0.25, 0.3) is 5.69 Å². The Morgan fingerprint density at radius 2 is 1.76 bits per heavy atom. The van der Waals surface area contributed by atoms with Crippen LogP contribution in [0.15, 0.2) is 66.7 Å². The number of nitro groups is 1. The van der Waals surface area contributed by atoms with E-state index < -0.39 is 4.92 Å². The number of para-hydroxylation sites is 1. The Labute approximate surface area is 145 Å². The van der Waals surface area contributed by atoms with Crippen molar-refractivity contribution in [3.05, 3.63) is 82.4 Å². The van der Waals surface area contributed by atoms with Gasteiger partial charge in [-0.2, -0.15) is 0 Å². The van der Waals surface area contributed by atoms with Crippen LogP contribution < -0.4 is 15.8 Å². The van der Waals surface area contributed by atoms with Crippen molar-refractivity contribution in [3.8, 4) is 11.5 Å². The van der Waals surface area contributed by atoms with E-state index in [1.54, 1.807) is 36.4 Å². The summed E-state index contributed by atoms with van der Waals surface area (Å²) < 4.78 is 5.66. The molecule has 0 saturated heterocycles. The first-order chi connectivity index (χ1) is 12.0. The summed E-state index contributed by atoms with van der Waals surface area (Å²) in [5, 5.41) is 14.5. The molecule has 3 aromatic rings. The lowest BCUT2D eigenvalue weighted by Gasteiger charge is -2.11. The fourth-order valence-electron chi connectivity index (χ4n) is 2.37. The van der Waals surface area contributed by atoms with Gasteiger partial charge in [0.1, 0.15) is 17.2 Å². The highest BCUT2D eigenvalue weighted by atomic mass is 16.6. The molecule has 0 aliphatic heterocycles. The number of nitro benzene ring substituents is 1. The Balaban J connectivity index is 1.89. The molecule has 3 N–H and O–H groups in total. The highest BCUT2D eigenvalue weighted by Crippen LogP contribution is 2.33. The molecule has 0 spiro atoms. The van der Waals surface area contributed by atoms with Crippen LogP contribution in [0.4, 0.5) is 22.7 Å². The standard InChI is InChI=1S/C19H17N3O3/c1-13-11-14(7-9-17(13)20)21-18-10-8-16(12-19(18)22(23)24)25-15-5-3-2-4-6-15/h2-12,21H,20H2,1H3. The molecule has 0 saturated carbocycles. The molecule has 0 aliphatic carbocycles. The molecule has 0 heterocycles. The molecule has 0 radical (unpaired) electrons. The first-order valence-electron chi connectivity index (χ1n) is 7.67. The highest BCUT2D eigenvalue weighted by Gasteiger charge is 2.16. The van der Waals surface area contributed by atoms with Crippen LogP contribution in [-0.4, -0.2) is 4.92 Å². The smallest absolute Gasteiger partial charge is 0.296 e. The third-order valence-corrected chi connectivity index (χ3v) is 3.69. The third kappa shape index (κ3) is 3.87. The van der Waals surface area contributed by atoms with Gasteiger partial charge in [-0.3, -0.25) is 10.1 Å². The van der Waals surface area contributed by atoms with Crippen molar-refractivity contribution < 1.29 is 9.66 Å². The van der Waals surface area contributed by atoms with E-state index in [1.165, 1.54) is 6.07 Å². The van der Waals surface area contributed by atoms with E-state index in [-0.39, 0.29) is 5.69 Å². The van der Waals surface area contributed by atoms with Crippen molar-refractivity contribution in [1.82, 2.24) is 0 Å². The van der Waals surface area contributed by atoms with E-state index in [2.05, 4.69) is 5.32 Å². The Hall–Kier alpha value is -3.54. The van der Waals surface area contributed by atoms with Gasteiger partial charge in [-0.1, -0.05) is 18.2 Å². The lowest BCUT2D eigenvalue weighted by Crippen LogP contribution is -1.99. The van der Waals surface area contributed by atoms with Crippen LogP contribution in [0.3, 0.4) is 0 Å². The molecule has 3 aromatic carbocycles. The molecular formula is C19H17N3O3.